The molecule has 0 saturated heterocycles. The average Bonchev–Trinajstić information content (AvgIpc) is 1.62. The van der Waals surface area contributed by atoms with Crippen molar-refractivity contribution in [3.05, 3.63) is 460 Å². The first kappa shape index (κ1) is 91.9. The second kappa shape index (κ2) is 41.1. The van der Waals surface area contributed by atoms with E-state index in [1.807, 2.05) is 392 Å². The van der Waals surface area contributed by atoms with Crippen molar-refractivity contribution in [2.75, 3.05) is 0 Å². The van der Waals surface area contributed by atoms with Crippen LogP contribution in [-0.4, -0.2) is 78.2 Å². The van der Waals surface area contributed by atoms with E-state index in [-0.39, 0.29) is 84.3 Å². The SMILES string of the molecule is Cc1nn(-c2[c-]c(Oc3[c-]c(-n4nc(C)c5ccccc54)ccc3)ccc2)c2ccccc12.Cc1nn(-c2[c-]c(Oc3[c-]c(-n4ncc5ccccc54)ccc3)ccc2)c2ccccc12.[Pt+2].[Pt+2].[Pt+2].[Pt+2].[c-]1c(Oc2[c-]c(-n3nc(-c4ccccc4)c4ccccc43)ccc2)cccc1-n1ncc2ccccc21.[c-]1c(Oc2[c-]c(-n3ncc4ccccc43)ccc2)cccc1-n1ncc2ccccc21. The molecule has 0 amide bonds. The standard InChI is InChI=1S/C32H20N4O.C28H20N4O.C27H18N4O.C26H16N4O.4Pt/c1-2-10-23(11-3-1)32-29-17-5-7-19-31(29)36(34-32)26-14-9-16-28(21-26)37-27-15-8-13-25(20-27)35-30-18-6-4-12-24(30)22-33-35;1-19-25-13-3-5-15-27(25)31(29-19)21-9-7-11-23(17-21)33-24-12-8-10-22(18-24)32-28-16-6-4-14-26(28)20(2)30-32;1-19-25-13-3-5-15-27(25)31(29-19)22-10-7-12-24(17-22)32-23-11-6-9-21(16-23)30-26-14-4-2-8-20(26)18-28-30;1-3-13-25-19(7-1)17-27-29(25)21-9-5-11-23(15-21)31-24-12-6-10-22(16-24)30-26-14-4-2-8-20(26)18-28-30;;;;/h1-19,22H;3-16H,1-2H3;2-15,18H,1H3;1-14,17-18H;;;;/q4*-2;4*+2. The summed E-state index contributed by atoms with van der Waals surface area (Å²) >= 11 is 0. The number of rotatable bonds is 17. The van der Waals surface area contributed by atoms with Gasteiger partial charge < -0.3 is 18.9 Å². The third-order valence-corrected chi connectivity index (χ3v) is 22.6. The van der Waals surface area contributed by atoms with Gasteiger partial charge in [-0.2, -0.15) is 89.3 Å². The molecule has 0 atom stereocenters. The molecule has 137 heavy (non-hydrogen) atoms. The molecule has 25 rings (SSSR count). The molecule has 25 aromatic rings. The number of hydrogen-bond acceptors (Lipinski definition) is 12. The van der Waals surface area contributed by atoms with Gasteiger partial charge in [0.05, 0.1) is 86.0 Å². The van der Waals surface area contributed by atoms with E-state index in [1.54, 1.807) is 0 Å². The molecule has 0 bridgehead atoms. The minimum atomic E-state index is 0. The molecular weight excluding hydrogens is 2430 g/mol. The van der Waals surface area contributed by atoms with Crippen LogP contribution < -0.4 is 18.9 Å². The third kappa shape index (κ3) is 19.2. The molecule has 0 unspecified atom stereocenters. The number of benzene rings is 17. The van der Waals surface area contributed by atoms with E-state index in [1.165, 1.54) is 0 Å². The topological polar surface area (TPSA) is 179 Å². The van der Waals surface area contributed by atoms with Crippen molar-refractivity contribution < 1.29 is 103 Å². The molecule has 0 N–H and O–H groups in total. The summed E-state index contributed by atoms with van der Waals surface area (Å²) in [6.07, 6.45) is 7.40. The average molecular weight is 2500 g/mol. The van der Waals surface area contributed by atoms with Gasteiger partial charge in [0.25, 0.3) is 0 Å². The number of aromatic nitrogens is 16. The van der Waals surface area contributed by atoms with Crippen LogP contribution in [0.1, 0.15) is 17.1 Å². The number of aryl methyl sites for hydroxylation is 3. The van der Waals surface area contributed by atoms with Gasteiger partial charge in [0.2, 0.25) is 0 Å². The molecule has 8 aromatic heterocycles. The zero-order valence-corrected chi connectivity index (χ0v) is 82.2. The van der Waals surface area contributed by atoms with E-state index in [2.05, 4.69) is 130 Å². The van der Waals surface area contributed by atoms with Gasteiger partial charge in [-0.25, -0.2) is 0 Å². The number of fused-ring (bicyclic) bond motifs is 8. The largest absolute Gasteiger partial charge is 2.00 e. The first-order chi connectivity index (χ1) is 65.6. The Kier molecular flexibility index (Phi) is 27.6. The summed E-state index contributed by atoms with van der Waals surface area (Å²) in [6.45, 7) is 6.04. The van der Waals surface area contributed by atoms with Crippen LogP contribution in [0.25, 0.3) is 144 Å². The zero-order chi connectivity index (χ0) is 89.1. The smallest absolute Gasteiger partial charge is 0.509 e. The molecule has 0 aliphatic carbocycles. The van der Waals surface area contributed by atoms with E-state index in [0.29, 0.717) is 46.0 Å². The molecule has 0 fully saturated rings. The van der Waals surface area contributed by atoms with Crippen LogP contribution in [-0.2, 0) is 84.3 Å². The molecule has 20 nitrogen and oxygen atoms in total. The van der Waals surface area contributed by atoms with Gasteiger partial charge in [0.1, 0.15) is 5.69 Å². The van der Waals surface area contributed by atoms with Crippen molar-refractivity contribution in [3.8, 4) is 103 Å². The van der Waals surface area contributed by atoms with E-state index in [9.17, 15) is 0 Å². The van der Waals surface area contributed by atoms with E-state index >= 15 is 0 Å². The number of para-hydroxylation sites is 8. The number of hydrogen-bond donors (Lipinski definition) is 0. The van der Waals surface area contributed by atoms with Gasteiger partial charge in [-0.15, -0.1) is 146 Å². The summed E-state index contributed by atoms with van der Waals surface area (Å²) < 4.78 is 39.6. The molecule has 0 spiro atoms. The van der Waals surface area contributed by atoms with Crippen LogP contribution in [0.3, 0.4) is 0 Å². The third-order valence-electron chi connectivity index (χ3n) is 22.6. The maximum atomic E-state index is 6.20. The first-order valence-electron chi connectivity index (χ1n) is 43.1. The Hall–Kier alpha value is -15.5. The first-order valence-corrected chi connectivity index (χ1v) is 43.1. The molecule has 670 valence electrons. The van der Waals surface area contributed by atoms with Gasteiger partial charge in [0.15, 0.2) is 0 Å². The van der Waals surface area contributed by atoms with Crippen molar-refractivity contribution in [2.45, 2.75) is 20.8 Å². The van der Waals surface area contributed by atoms with Gasteiger partial charge in [0, 0.05) is 94.6 Å². The monoisotopic (exact) mass is 2500 g/mol. The Bertz CT molecular complexity index is 8370. The fraction of sp³-hybridized carbons (Fsp3) is 0.0265. The fourth-order valence-corrected chi connectivity index (χ4v) is 16.4. The Balaban J connectivity index is 0.000000121. The van der Waals surface area contributed by atoms with Gasteiger partial charge in [-0.05, 0) is 115 Å². The minimum Gasteiger partial charge on any atom is -0.509 e. The Morgan fingerprint density at radius 1 is 0.182 bits per heavy atom. The predicted octanol–water partition coefficient (Wildman–Crippen LogP) is 25.6. The second-order valence-electron chi connectivity index (χ2n) is 31.3. The van der Waals surface area contributed by atoms with Gasteiger partial charge in [-0.1, -0.05) is 176 Å². The van der Waals surface area contributed by atoms with Crippen LogP contribution in [0.5, 0.6) is 46.0 Å². The molecular formula is C113H74N16O4Pt4. The Labute approximate surface area is 845 Å². The van der Waals surface area contributed by atoms with E-state index in [4.69, 9.17) is 39.3 Å². The Morgan fingerprint density at radius 2 is 0.380 bits per heavy atom. The van der Waals surface area contributed by atoms with Crippen LogP contribution in [0.2, 0.25) is 0 Å². The molecule has 8 heterocycles. The van der Waals surface area contributed by atoms with Gasteiger partial charge in [-0.3, -0.25) is 37.5 Å². The maximum Gasteiger partial charge on any atom is 2.00 e. The van der Waals surface area contributed by atoms with Crippen molar-refractivity contribution in [1.82, 2.24) is 78.2 Å². The second-order valence-corrected chi connectivity index (χ2v) is 31.3. The number of nitrogens with zero attached hydrogens (tertiary/aromatic N) is 16. The summed E-state index contributed by atoms with van der Waals surface area (Å²) in [4.78, 5) is 0. The van der Waals surface area contributed by atoms with Crippen LogP contribution in [0.15, 0.2) is 395 Å². The summed E-state index contributed by atoms with van der Waals surface area (Å²) in [6, 6.07) is 148. The van der Waals surface area contributed by atoms with Crippen LogP contribution in [0.4, 0.5) is 0 Å². The van der Waals surface area contributed by atoms with E-state index in [0.717, 1.165) is 161 Å². The quantitative estimate of drug-likeness (QED) is 0.0789. The summed E-state index contributed by atoms with van der Waals surface area (Å²) in [7, 11) is 0. The predicted molar refractivity (Wildman–Crippen MR) is 519 cm³/mol. The van der Waals surface area contributed by atoms with Crippen LogP contribution in [0, 0.1) is 69.3 Å². The van der Waals surface area contributed by atoms with Crippen molar-refractivity contribution in [1.29, 1.82) is 0 Å². The molecule has 0 saturated carbocycles. The van der Waals surface area contributed by atoms with Crippen LogP contribution >= 0.6 is 0 Å². The van der Waals surface area contributed by atoms with Gasteiger partial charge >= 0.3 is 84.3 Å². The summed E-state index contributed by atoms with van der Waals surface area (Å²) in [5, 5.41) is 45.9. The minimum absolute atomic E-state index is 0. The number of ether oxygens (including phenoxy) is 4. The molecule has 0 aliphatic heterocycles. The molecule has 17 aromatic carbocycles. The Morgan fingerprint density at radius 3 is 0.635 bits per heavy atom. The fourth-order valence-electron chi connectivity index (χ4n) is 16.4. The molecule has 24 heteroatoms. The summed E-state index contributed by atoms with van der Waals surface area (Å²) in [5.74, 6) is 4.74. The van der Waals surface area contributed by atoms with E-state index < -0.39 is 0 Å². The zero-order valence-electron chi connectivity index (χ0n) is 73.1. The summed E-state index contributed by atoms with van der Waals surface area (Å²) in [5.41, 5.74) is 19.7. The molecule has 0 radical (unpaired) electrons. The molecule has 0 aliphatic rings. The van der Waals surface area contributed by atoms with Crippen molar-refractivity contribution in [3.63, 3.8) is 0 Å². The maximum absolute atomic E-state index is 6.20. The van der Waals surface area contributed by atoms with Crippen molar-refractivity contribution >= 4 is 87.2 Å². The van der Waals surface area contributed by atoms with Crippen molar-refractivity contribution in [2.24, 2.45) is 0 Å². The normalized spacial score (nSPS) is 10.9.